The van der Waals surface area contributed by atoms with E-state index in [1.807, 2.05) is 0 Å². The molecule has 0 radical (unpaired) electrons. The lowest BCUT2D eigenvalue weighted by Gasteiger charge is -2.12. The van der Waals surface area contributed by atoms with Crippen LogP contribution in [0.25, 0.3) is 5.69 Å². The number of rotatable bonds is 5. The van der Waals surface area contributed by atoms with E-state index in [4.69, 9.17) is 4.74 Å². The van der Waals surface area contributed by atoms with E-state index in [0.717, 1.165) is 10.8 Å². The summed E-state index contributed by atoms with van der Waals surface area (Å²) in [5, 5.41) is 16.7. The lowest BCUT2D eigenvalue weighted by atomic mass is 10.2. The number of carbonyl (C=O) groups excluding carboxylic acids is 1. The summed E-state index contributed by atoms with van der Waals surface area (Å²) in [5.41, 5.74) is 0.892. The predicted octanol–water partition coefficient (Wildman–Crippen LogP) is 1.40. The molecule has 2 aromatic carbocycles. The first kappa shape index (κ1) is 19.4. The molecule has 0 aliphatic heterocycles. The molecule has 0 fully saturated rings. The standard InChI is InChI=1S/C19H17N5O5/c1-29-15-10-6-5-9-14(15)24-17(26)13(16(25)22-19(24)28)11-20-23-18(27)21-12-7-3-2-4-8-12/h2-11,26H,1H3,(H2,21,23,27)(H,22,25,28)/b20-11+. The molecule has 3 aromatic rings. The monoisotopic (exact) mass is 395 g/mol. The average Bonchev–Trinajstić information content (AvgIpc) is 2.71. The minimum absolute atomic E-state index is 0.221. The van der Waals surface area contributed by atoms with Crippen molar-refractivity contribution < 1.29 is 14.6 Å². The number of urea groups is 1. The Labute approximate surface area is 164 Å². The fraction of sp³-hybridized carbons (Fsp3) is 0.0526. The number of para-hydroxylation sites is 3. The number of hydrogen-bond acceptors (Lipinski definition) is 6. The number of aromatic hydroxyl groups is 1. The number of nitrogens with zero attached hydrogens (tertiary/aromatic N) is 2. The highest BCUT2D eigenvalue weighted by Gasteiger charge is 2.17. The van der Waals surface area contributed by atoms with E-state index in [2.05, 4.69) is 20.8 Å². The Balaban J connectivity index is 1.88. The Morgan fingerprint density at radius 1 is 1.14 bits per heavy atom. The van der Waals surface area contributed by atoms with Crippen molar-refractivity contribution in [3.63, 3.8) is 0 Å². The van der Waals surface area contributed by atoms with Gasteiger partial charge in [-0.1, -0.05) is 30.3 Å². The van der Waals surface area contributed by atoms with Gasteiger partial charge in [0.2, 0.25) is 5.88 Å². The van der Waals surface area contributed by atoms with Gasteiger partial charge in [0.05, 0.1) is 19.0 Å². The molecule has 0 spiro atoms. The number of benzene rings is 2. The van der Waals surface area contributed by atoms with Crippen molar-refractivity contribution in [3.8, 4) is 17.3 Å². The summed E-state index contributed by atoms with van der Waals surface area (Å²) in [6.07, 6.45) is 0.935. The summed E-state index contributed by atoms with van der Waals surface area (Å²) in [7, 11) is 1.41. The number of H-pyrrole nitrogens is 1. The van der Waals surface area contributed by atoms with Crippen molar-refractivity contribution in [2.45, 2.75) is 0 Å². The molecule has 0 aliphatic carbocycles. The molecule has 10 nitrogen and oxygen atoms in total. The molecule has 0 unspecified atom stereocenters. The van der Waals surface area contributed by atoms with Crippen LogP contribution < -0.4 is 26.7 Å². The highest BCUT2D eigenvalue weighted by molar-refractivity contribution is 5.90. The van der Waals surface area contributed by atoms with Crippen LogP contribution in [0, 0.1) is 0 Å². The van der Waals surface area contributed by atoms with Crippen molar-refractivity contribution in [2.24, 2.45) is 5.10 Å². The van der Waals surface area contributed by atoms with Crippen LogP contribution in [0.15, 0.2) is 69.3 Å². The Bertz CT molecular complexity index is 1170. The fourth-order valence-corrected chi connectivity index (χ4v) is 2.53. The summed E-state index contributed by atoms with van der Waals surface area (Å²) >= 11 is 0. The Morgan fingerprint density at radius 2 is 1.83 bits per heavy atom. The molecule has 4 N–H and O–H groups in total. The molecule has 0 saturated heterocycles. The fourth-order valence-electron chi connectivity index (χ4n) is 2.53. The van der Waals surface area contributed by atoms with Crippen LogP contribution in [0.2, 0.25) is 0 Å². The first-order valence-electron chi connectivity index (χ1n) is 8.38. The zero-order valence-electron chi connectivity index (χ0n) is 15.2. The van der Waals surface area contributed by atoms with Gasteiger partial charge in [-0.15, -0.1) is 0 Å². The number of aromatic nitrogens is 2. The van der Waals surface area contributed by atoms with Gasteiger partial charge < -0.3 is 15.2 Å². The average molecular weight is 395 g/mol. The first-order chi connectivity index (χ1) is 14.0. The highest BCUT2D eigenvalue weighted by Crippen LogP contribution is 2.24. The van der Waals surface area contributed by atoms with Gasteiger partial charge in [-0.2, -0.15) is 5.10 Å². The minimum Gasteiger partial charge on any atom is -0.495 e. The van der Waals surface area contributed by atoms with Crippen LogP contribution in [-0.2, 0) is 0 Å². The highest BCUT2D eigenvalue weighted by atomic mass is 16.5. The van der Waals surface area contributed by atoms with Gasteiger partial charge in [-0.05, 0) is 24.3 Å². The second-order valence-corrected chi connectivity index (χ2v) is 5.69. The van der Waals surface area contributed by atoms with E-state index < -0.39 is 23.2 Å². The zero-order valence-corrected chi connectivity index (χ0v) is 15.2. The number of aromatic amines is 1. The number of hydrazone groups is 1. The topological polar surface area (TPSA) is 138 Å². The molecule has 0 atom stereocenters. The normalized spacial score (nSPS) is 10.7. The van der Waals surface area contributed by atoms with E-state index in [1.165, 1.54) is 13.2 Å². The Morgan fingerprint density at radius 3 is 2.55 bits per heavy atom. The van der Waals surface area contributed by atoms with Crippen molar-refractivity contribution in [1.29, 1.82) is 0 Å². The van der Waals surface area contributed by atoms with E-state index in [0.29, 0.717) is 11.4 Å². The largest absolute Gasteiger partial charge is 0.495 e. The lowest BCUT2D eigenvalue weighted by molar-refractivity contribution is 0.252. The van der Waals surface area contributed by atoms with Crippen molar-refractivity contribution >= 4 is 17.9 Å². The van der Waals surface area contributed by atoms with E-state index in [9.17, 15) is 19.5 Å². The van der Waals surface area contributed by atoms with Crippen LogP contribution in [-0.4, -0.2) is 34.0 Å². The molecular weight excluding hydrogens is 378 g/mol. The van der Waals surface area contributed by atoms with Gasteiger partial charge in [0.15, 0.2) is 0 Å². The molecule has 0 aliphatic rings. The van der Waals surface area contributed by atoms with E-state index in [1.54, 1.807) is 48.5 Å². The Kier molecular flexibility index (Phi) is 5.74. The molecular formula is C19H17N5O5. The number of nitrogens with one attached hydrogen (secondary N) is 3. The van der Waals surface area contributed by atoms with E-state index in [-0.39, 0.29) is 11.3 Å². The number of anilines is 1. The maximum Gasteiger partial charge on any atom is 0.339 e. The molecule has 1 aromatic heterocycles. The second-order valence-electron chi connectivity index (χ2n) is 5.69. The minimum atomic E-state index is -0.868. The predicted molar refractivity (Wildman–Crippen MR) is 107 cm³/mol. The van der Waals surface area contributed by atoms with Gasteiger partial charge >= 0.3 is 11.7 Å². The molecule has 0 bridgehead atoms. The van der Waals surface area contributed by atoms with Crippen LogP contribution in [0.1, 0.15) is 5.56 Å². The number of ether oxygens (including phenoxy) is 1. The van der Waals surface area contributed by atoms with E-state index >= 15 is 0 Å². The molecule has 1 heterocycles. The molecule has 10 heteroatoms. The smallest absolute Gasteiger partial charge is 0.339 e. The molecule has 148 valence electrons. The molecule has 2 amide bonds. The quantitative estimate of drug-likeness (QED) is 0.382. The lowest BCUT2D eigenvalue weighted by Crippen LogP contribution is -2.32. The summed E-state index contributed by atoms with van der Waals surface area (Å²) in [5.74, 6) is -0.350. The third kappa shape index (κ3) is 4.33. The number of amides is 2. The summed E-state index contributed by atoms with van der Waals surface area (Å²) in [6.45, 7) is 0. The number of methoxy groups -OCH3 is 1. The molecule has 29 heavy (non-hydrogen) atoms. The summed E-state index contributed by atoms with van der Waals surface area (Å²) in [6, 6.07) is 14.5. The summed E-state index contributed by atoms with van der Waals surface area (Å²) in [4.78, 5) is 38.3. The third-order valence-electron chi connectivity index (χ3n) is 3.84. The Hall–Kier alpha value is -4.34. The zero-order chi connectivity index (χ0) is 20.8. The maximum absolute atomic E-state index is 12.2. The second kappa shape index (κ2) is 8.57. The van der Waals surface area contributed by atoms with Gasteiger partial charge in [-0.25, -0.2) is 19.6 Å². The molecule has 3 rings (SSSR count). The maximum atomic E-state index is 12.2. The van der Waals surface area contributed by atoms with Crippen LogP contribution in [0.4, 0.5) is 10.5 Å². The number of hydrogen-bond donors (Lipinski definition) is 4. The number of carbonyl (C=O) groups is 1. The first-order valence-corrected chi connectivity index (χ1v) is 8.38. The SMILES string of the molecule is COc1ccccc1-n1c(O)c(/C=N/NC(=O)Nc2ccccc2)c(=O)[nH]c1=O. The summed E-state index contributed by atoms with van der Waals surface area (Å²) < 4.78 is 6.05. The van der Waals surface area contributed by atoms with Crippen molar-refractivity contribution in [2.75, 3.05) is 12.4 Å². The van der Waals surface area contributed by atoms with Crippen molar-refractivity contribution in [3.05, 3.63) is 81.0 Å². The van der Waals surface area contributed by atoms with Gasteiger partial charge in [0.25, 0.3) is 5.56 Å². The van der Waals surface area contributed by atoms with Gasteiger partial charge in [-0.3, -0.25) is 9.78 Å². The van der Waals surface area contributed by atoms with Gasteiger partial charge in [0, 0.05) is 5.69 Å². The van der Waals surface area contributed by atoms with Crippen LogP contribution >= 0.6 is 0 Å². The van der Waals surface area contributed by atoms with Gasteiger partial charge in [0.1, 0.15) is 11.3 Å². The van der Waals surface area contributed by atoms with Crippen molar-refractivity contribution in [1.82, 2.24) is 15.0 Å². The van der Waals surface area contributed by atoms with Crippen LogP contribution in [0.5, 0.6) is 11.6 Å². The molecule has 0 saturated carbocycles. The third-order valence-corrected chi connectivity index (χ3v) is 3.84. The van der Waals surface area contributed by atoms with Crippen LogP contribution in [0.3, 0.4) is 0 Å².